The van der Waals surface area contributed by atoms with Gasteiger partial charge in [0.05, 0.1) is 0 Å². The maximum atomic E-state index is 14.7. The molecule has 8 bridgehead atoms. The Hall–Kier alpha value is -5.65. The van der Waals surface area contributed by atoms with Crippen molar-refractivity contribution < 1.29 is 91.2 Å². The number of ether oxygens (including phenoxy) is 4. The van der Waals surface area contributed by atoms with Crippen LogP contribution in [0.2, 0.25) is 24.2 Å². The van der Waals surface area contributed by atoms with Crippen molar-refractivity contribution in [2.24, 2.45) is 0 Å². The average molecular weight is 1690 g/mol. The zero-order valence-corrected chi connectivity index (χ0v) is 78.9. The maximum absolute atomic E-state index is 14.7. The number of aryl methyl sites for hydroxylation is 4. The summed E-state index contributed by atoms with van der Waals surface area (Å²) in [7, 11) is -12.6. The highest BCUT2D eigenvalue weighted by Crippen LogP contribution is 2.43. The van der Waals surface area contributed by atoms with E-state index in [1.165, 1.54) is 0 Å². The summed E-state index contributed by atoms with van der Waals surface area (Å²) in [6, 6.07) is 19.7. The molecule has 0 aromatic heterocycles. The number of nitrogens with zero attached hydrogens (tertiary/aromatic N) is 4. The summed E-state index contributed by atoms with van der Waals surface area (Å²) in [6.07, 6.45) is 5.63. The minimum atomic E-state index is -3.16. The van der Waals surface area contributed by atoms with E-state index in [2.05, 4.69) is 48.5 Å². The second kappa shape index (κ2) is 53.9. The molecule has 4 aromatic carbocycles. The lowest BCUT2D eigenvalue weighted by atomic mass is 9.87. The molecule has 0 spiro atoms. The van der Waals surface area contributed by atoms with Crippen molar-refractivity contribution in [3.8, 4) is 23.0 Å². The normalized spacial score (nSPS) is 12.6. The number of benzene rings is 4. The van der Waals surface area contributed by atoms with E-state index in [0.29, 0.717) is 230 Å². The predicted molar refractivity (Wildman–Crippen MR) is 466 cm³/mol. The van der Waals surface area contributed by atoms with E-state index in [1.807, 2.05) is 138 Å². The Morgan fingerprint density at radius 1 is 0.241 bits per heavy atom. The van der Waals surface area contributed by atoms with Crippen LogP contribution in [0.25, 0.3) is 0 Å². The molecule has 4 aromatic rings. The summed E-state index contributed by atoms with van der Waals surface area (Å²) >= 11 is 0. The molecule has 116 heavy (non-hydrogen) atoms. The Morgan fingerprint density at radius 3 is 0.500 bits per heavy atom. The van der Waals surface area contributed by atoms with Crippen molar-refractivity contribution in [1.82, 2.24) is 19.6 Å². The fourth-order valence-electron chi connectivity index (χ4n) is 15.7. The molecule has 0 aliphatic heterocycles. The zero-order chi connectivity index (χ0) is 85.1. The molecule has 0 unspecified atom stereocenters. The first-order chi connectivity index (χ1) is 56.1. The van der Waals surface area contributed by atoms with Gasteiger partial charge in [0.1, 0.15) is 23.0 Å². The first-order valence-corrected chi connectivity index (χ1v) is 51.7. The van der Waals surface area contributed by atoms with Gasteiger partial charge in [0, 0.05) is 182 Å². The number of carbonyl (C=O) groups is 4. The van der Waals surface area contributed by atoms with Gasteiger partial charge in [-0.3, -0.25) is 19.2 Å². The first kappa shape index (κ1) is 101. The number of carbonyl (C=O) groups excluding carboxylic acids is 4. The third-order valence-electron chi connectivity index (χ3n) is 20.7. The fourth-order valence-corrected chi connectivity index (χ4v) is 26.2. The van der Waals surface area contributed by atoms with Crippen LogP contribution < -0.4 is 18.9 Å². The van der Waals surface area contributed by atoms with Crippen LogP contribution in [-0.2, 0) is 124 Å². The topological polar surface area (TPSA) is 229 Å². The molecule has 0 atom stereocenters. The van der Waals surface area contributed by atoms with Crippen LogP contribution in [0, 0.1) is 0 Å². The Bertz CT molecular complexity index is 2940. The molecule has 1 aliphatic carbocycles. The lowest BCUT2D eigenvalue weighted by molar-refractivity contribution is -0.133. The molecule has 656 valence electrons. The molecule has 24 nitrogen and oxygen atoms in total. The second-order valence-electron chi connectivity index (χ2n) is 28.4. The third kappa shape index (κ3) is 30.5. The van der Waals surface area contributed by atoms with Crippen LogP contribution in [-0.4, -0.2) is 237 Å². The quantitative estimate of drug-likeness (QED) is 0.0329. The number of fused-ring (bicyclic) bond motifs is 8. The van der Waals surface area contributed by atoms with Crippen molar-refractivity contribution in [3.63, 3.8) is 0 Å². The number of likely N-dealkylation sites (N-methyl/N-ethyl adjacent to an activating group) is 4. The summed E-state index contributed by atoms with van der Waals surface area (Å²) in [5, 5.41) is 0. The predicted octanol–water partition coefficient (Wildman–Crippen LogP) is 15.3. The molecule has 4 amide bonds. The van der Waals surface area contributed by atoms with Crippen LogP contribution in [0.5, 0.6) is 23.0 Å². The number of amides is 4. The van der Waals surface area contributed by atoms with Gasteiger partial charge in [-0.15, -0.1) is 0 Å². The summed E-state index contributed by atoms with van der Waals surface area (Å²) in [5.74, 6) is 1.31. The van der Waals surface area contributed by atoms with Gasteiger partial charge in [-0.25, -0.2) is 0 Å². The molecule has 5 rings (SSSR count). The summed E-state index contributed by atoms with van der Waals surface area (Å²) in [4.78, 5) is 65.9. The van der Waals surface area contributed by atoms with Gasteiger partial charge < -0.3 is 91.7 Å². The summed E-state index contributed by atoms with van der Waals surface area (Å²) < 4.78 is 107. The minimum Gasteiger partial charge on any atom is -0.483 e. The van der Waals surface area contributed by atoms with Crippen molar-refractivity contribution in [2.75, 3.05) is 158 Å². The molecular weight excluding hydrogens is 1550 g/mol. The van der Waals surface area contributed by atoms with E-state index in [0.717, 1.165) is 66.8 Å². The van der Waals surface area contributed by atoms with E-state index in [9.17, 15) is 19.2 Å². The highest BCUT2D eigenvalue weighted by molar-refractivity contribution is 6.61. The van der Waals surface area contributed by atoms with E-state index in [4.69, 9.17) is 72.1 Å². The van der Waals surface area contributed by atoms with Gasteiger partial charge in [0.2, 0.25) is 0 Å². The van der Waals surface area contributed by atoms with E-state index < -0.39 is 35.2 Å². The molecule has 28 heteroatoms. The molecule has 1 aliphatic rings. The standard InChI is InChI=1S/C88H148N4O20Si4/c1-21-89(22-2)81(93)65-97-85-73-53-69(45-41-49-113(101-29-9,102-30-10)103-31-11)54-74(85)62-76-56-71(47-43-51-115(107-35-15,108-36-16)109-37-17)58-78(87(76)99-67-83(95)91(25-5)26-6)64-80-60-72(48-44-52-116(110-38-18,111-39-19)112-40-20)59-79(88(80)100-68-84(96)92(27-7)28-8)63-77-57-70(46-42-50-114(104-32-12,105-33-13)106-34-14)55-75(61-73)86(77)98-66-82(94)90(23-3)24-4/h53-60H,21-52,61-68H2,1-20H3. The van der Waals surface area contributed by atoms with Crippen molar-refractivity contribution >= 4 is 58.8 Å². The lowest BCUT2D eigenvalue weighted by Crippen LogP contribution is -2.46. The van der Waals surface area contributed by atoms with Crippen LogP contribution in [0.3, 0.4) is 0 Å². The van der Waals surface area contributed by atoms with Gasteiger partial charge >= 0.3 is 35.2 Å². The first-order valence-electron chi connectivity index (χ1n) is 44.0. The van der Waals surface area contributed by atoms with Gasteiger partial charge in [0.25, 0.3) is 23.6 Å². The Kier molecular flexibility index (Phi) is 46.9. The van der Waals surface area contributed by atoms with Gasteiger partial charge in [0.15, 0.2) is 26.4 Å². The van der Waals surface area contributed by atoms with E-state index in [1.54, 1.807) is 19.6 Å². The third-order valence-corrected chi connectivity index (χ3v) is 33.3. The molecule has 0 saturated carbocycles. The molecule has 0 radical (unpaired) electrons. The molecular formula is C88H148N4O20Si4. The molecule has 0 fully saturated rings. The molecule has 0 N–H and O–H groups in total. The van der Waals surface area contributed by atoms with E-state index >= 15 is 0 Å². The Balaban J connectivity index is 2.17. The SMILES string of the molecule is CCO[Si](CCCc1cc2c(OCC(=O)N(CC)CC)c(c1)Cc1cc(CCC[Si](OCC)(OCC)OCC)cc(c1OCC(=O)N(CC)CC)Cc1cc(CCC[Si](OCC)(OCC)OCC)cc(c1OCC(=O)N(CC)CC)Cc1cc(CCC[Si](OCC)(OCC)OCC)cc(c1OCC(=O)N(CC)CC)C2)(OCC)OCC. The monoisotopic (exact) mass is 1690 g/mol. The maximum Gasteiger partial charge on any atom is 0.500 e. The van der Waals surface area contributed by atoms with Gasteiger partial charge in [-0.1, -0.05) is 48.5 Å². The Labute approximate surface area is 701 Å². The van der Waals surface area contributed by atoms with Gasteiger partial charge in [-0.2, -0.15) is 0 Å². The van der Waals surface area contributed by atoms with Crippen LogP contribution in [0.15, 0.2) is 48.5 Å². The van der Waals surface area contributed by atoms with Crippen molar-refractivity contribution in [2.45, 2.75) is 240 Å². The second-order valence-corrected chi connectivity index (χ2v) is 39.4. The Morgan fingerprint density at radius 2 is 0.379 bits per heavy atom. The lowest BCUT2D eigenvalue weighted by Gasteiger charge is -2.29. The van der Waals surface area contributed by atoms with Crippen LogP contribution >= 0.6 is 0 Å². The fraction of sp³-hybridized carbons (Fsp3) is 0.682. The smallest absolute Gasteiger partial charge is 0.483 e. The number of rotatable bonds is 60. The number of hydrogen-bond acceptors (Lipinski definition) is 20. The average Bonchev–Trinajstić information content (AvgIpc) is 0.770. The highest BCUT2D eigenvalue weighted by Gasteiger charge is 2.43. The largest absolute Gasteiger partial charge is 0.500 e. The van der Waals surface area contributed by atoms with Crippen LogP contribution in [0.1, 0.15) is 231 Å². The minimum absolute atomic E-state index is 0.179. The summed E-state index contributed by atoms with van der Waals surface area (Å²) in [6.45, 7) is 47.2. The molecule has 0 heterocycles. The molecule has 0 saturated heterocycles. The summed E-state index contributed by atoms with van der Waals surface area (Å²) in [5.41, 5.74) is 10.1. The van der Waals surface area contributed by atoms with E-state index in [-0.39, 0.29) is 75.7 Å². The zero-order valence-electron chi connectivity index (χ0n) is 74.9. The van der Waals surface area contributed by atoms with Gasteiger partial charge in [-0.05, 0) is 257 Å². The van der Waals surface area contributed by atoms with Crippen molar-refractivity contribution in [1.29, 1.82) is 0 Å². The van der Waals surface area contributed by atoms with Crippen LogP contribution in [0.4, 0.5) is 0 Å². The number of hydrogen-bond donors (Lipinski definition) is 0. The van der Waals surface area contributed by atoms with Crippen molar-refractivity contribution in [3.05, 3.63) is 115 Å². The highest BCUT2D eigenvalue weighted by atomic mass is 28.4.